The van der Waals surface area contributed by atoms with E-state index in [2.05, 4.69) is 0 Å². The summed E-state index contributed by atoms with van der Waals surface area (Å²) in [5, 5.41) is -1.31. The van der Waals surface area contributed by atoms with E-state index in [9.17, 15) is 9.59 Å². The number of rotatable bonds is 14. The van der Waals surface area contributed by atoms with E-state index in [0.29, 0.717) is 5.56 Å². The zero-order chi connectivity index (χ0) is 43.1. The number of thioether (sulfide) groups is 2. The highest BCUT2D eigenvalue weighted by Crippen LogP contribution is 2.43. The summed E-state index contributed by atoms with van der Waals surface area (Å²) in [5.41, 5.74) is -0.557. The summed E-state index contributed by atoms with van der Waals surface area (Å²) >= 11 is 2.81. The molecular formula is C45H57FO12S2. The predicted octanol–water partition coefficient (Wildman–Crippen LogP) is 7.51. The minimum absolute atomic E-state index is 0.344. The van der Waals surface area contributed by atoms with Crippen LogP contribution in [0.5, 0.6) is 0 Å². The molecule has 0 N–H and O–H groups in total. The lowest BCUT2D eigenvalue weighted by molar-refractivity contribution is -0.347. The van der Waals surface area contributed by atoms with E-state index >= 15 is 4.39 Å². The van der Waals surface area contributed by atoms with E-state index in [4.69, 9.17) is 47.4 Å². The summed E-state index contributed by atoms with van der Waals surface area (Å²) in [4.78, 5) is 28.6. The van der Waals surface area contributed by atoms with Gasteiger partial charge in [-0.05, 0) is 77.9 Å². The first-order chi connectivity index (χ1) is 28.7. The van der Waals surface area contributed by atoms with Crippen molar-refractivity contribution in [2.45, 2.75) is 142 Å². The fourth-order valence-corrected chi connectivity index (χ4v) is 10.00. The second-order valence-corrected chi connectivity index (χ2v) is 18.6. The maximum absolute atomic E-state index is 15.7. The summed E-state index contributed by atoms with van der Waals surface area (Å²) in [7, 11) is 4.58. The van der Waals surface area contributed by atoms with Gasteiger partial charge in [0.25, 0.3) is 0 Å². The summed E-state index contributed by atoms with van der Waals surface area (Å²) in [5.74, 6) is -1.12. The van der Waals surface area contributed by atoms with Crippen molar-refractivity contribution in [2.24, 2.45) is 5.41 Å². The first kappa shape index (κ1) is 46.4. The minimum Gasteiger partial charge on any atom is -0.454 e. The molecule has 12 nitrogen and oxygen atoms in total. The van der Waals surface area contributed by atoms with Crippen LogP contribution < -0.4 is 0 Å². The Kier molecular flexibility index (Phi) is 16.1. The van der Waals surface area contributed by atoms with Gasteiger partial charge in [0, 0.05) is 31.1 Å². The molecule has 60 heavy (non-hydrogen) atoms. The lowest BCUT2D eigenvalue weighted by Crippen LogP contribution is -2.65. The molecular weight excluding hydrogens is 816 g/mol. The summed E-state index contributed by atoms with van der Waals surface area (Å²) < 4.78 is 78.8. The number of methoxy groups -OCH3 is 3. The van der Waals surface area contributed by atoms with Gasteiger partial charge in [0.05, 0.1) is 39.8 Å². The van der Waals surface area contributed by atoms with E-state index in [-0.39, 0.29) is 0 Å². The predicted molar refractivity (Wildman–Crippen MR) is 223 cm³/mol. The smallest absolute Gasteiger partial charge is 0.338 e. The molecule has 15 heteroatoms. The number of alkyl halides is 1. The van der Waals surface area contributed by atoms with Crippen molar-refractivity contribution in [1.29, 1.82) is 0 Å². The average Bonchev–Trinajstić information content (AvgIpc) is 3.23. The Balaban J connectivity index is 1.29. The number of hydrogen-bond acceptors (Lipinski definition) is 14. The van der Waals surface area contributed by atoms with E-state index in [1.54, 1.807) is 79.2 Å². The molecule has 0 aromatic heterocycles. The normalized spacial score (nSPS) is 34.7. The maximum Gasteiger partial charge on any atom is 0.338 e. The van der Waals surface area contributed by atoms with E-state index in [1.807, 2.05) is 67.6 Å². The molecule has 15 atom stereocenters. The number of carbonyl (C=O) groups is 2. The van der Waals surface area contributed by atoms with Crippen LogP contribution in [0, 0.1) is 5.41 Å². The molecule has 0 saturated carbocycles. The van der Waals surface area contributed by atoms with Crippen molar-refractivity contribution >= 4 is 35.5 Å². The summed E-state index contributed by atoms with van der Waals surface area (Å²) in [6.45, 7) is 10.5. The third-order valence-corrected chi connectivity index (χ3v) is 13.3. The van der Waals surface area contributed by atoms with Crippen LogP contribution in [0.4, 0.5) is 4.39 Å². The van der Waals surface area contributed by atoms with Crippen molar-refractivity contribution in [2.75, 3.05) is 21.3 Å². The lowest BCUT2D eigenvalue weighted by atomic mass is 9.95. The van der Waals surface area contributed by atoms with Gasteiger partial charge >= 0.3 is 11.9 Å². The topological polar surface area (TPSA) is 126 Å². The highest BCUT2D eigenvalue weighted by molar-refractivity contribution is 8.00. The molecule has 0 aliphatic carbocycles. The van der Waals surface area contributed by atoms with Crippen LogP contribution in [0.25, 0.3) is 0 Å². The van der Waals surface area contributed by atoms with Gasteiger partial charge in [-0.25, -0.2) is 9.18 Å². The lowest BCUT2D eigenvalue weighted by Gasteiger charge is -2.50. The SMILES string of the molecule is COC1C(OC(=O)c2ccccc2)C(C)OC(OC2C(C)OC(OC3C(C)OC(F)C(Sc4ccccc4)C3OC)C(Sc3ccccc3)C2OC)C1OC(=O)C(C)(C)C. The van der Waals surface area contributed by atoms with Gasteiger partial charge in [-0.15, -0.1) is 23.5 Å². The summed E-state index contributed by atoms with van der Waals surface area (Å²) in [6.07, 6.45) is -12.0. The highest BCUT2D eigenvalue weighted by Gasteiger charge is 2.56. The van der Waals surface area contributed by atoms with Crippen LogP contribution in [0.3, 0.4) is 0 Å². The number of ether oxygens (including phenoxy) is 10. The molecule has 3 aromatic rings. The molecule has 0 radical (unpaired) electrons. The second-order valence-electron chi connectivity index (χ2n) is 16.1. The number of esters is 2. The Morgan fingerprint density at radius 3 is 1.53 bits per heavy atom. The number of halogens is 1. The molecule has 15 unspecified atom stereocenters. The van der Waals surface area contributed by atoms with E-state index in [0.717, 1.165) is 9.79 Å². The van der Waals surface area contributed by atoms with Crippen LogP contribution >= 0.6 is 23.5 Å². The van der Waals surface area contributed by atoms with Gasteiger partial charge in [-0.3, -0.25) is 4.79 Å². The standard InChI is InChI=1S/C45H57FO12S2/c1-25-32(35(50-8)38(40(46)52-25)59-29-21-15-11-16-22-29)57-43-39(60-30-23-17-12-18-24-30)36(51-9)33(27(3)54-43)56-42-37(58-44(48)45(4,5)6)34(49-7)31(26(2)53-42)55-41(47)28-19-13-10-14-20-28/h10-27,31-40,42-43H,1-9H3. The number of benzene rings is 3. The van der Waals surface area contributed by atoms with Gasteiger partial charge in [0.2, 0.25) is 6.36 Å². The molecule has 3 aromatic carbocycles. The molecule has 0 amide bonds. The second kappa shape index (κ2) is 20.9. The third kappa shape index (κ3) is 10.9. The maximum atomic E-state index is 15.7. The van der Waals surface area contributed by atoms with Crippen LogP contribution in [0.15, 0.2) is 101 Å². The summed E-state index contributed by atoms with van der Waals surface area (Å²) in [6, 6.07) is 27.8. The molecule has 3 aliphatic rings. The van der Waals surface area contributed by atoms with E-state index < -0.39 is 108 Å². The molecule has 3 heterocycles. The first-order valence-corrected chi connectivity index (χ1v) is 21.9. The van der Waals surface area contributed by atoms with Crippen molar-refractivity contribution in [3.63, 3.8) is 0 Å². The molecule has 6 rings (SSSR count). The molecule has 0 bridgehead atoms. The number of carbonyl (C=O) groups excluding carboxylic acids is 2. The Morgan fingerprint density at radius 1 is 0.550 bits per heavy atom. The fraction of sp³-hybridized carbons (Fsp3) is 0.556. The zero-order valence-corrected chi connectivity index (χ0v) is 37.0. The monoisotopic (exact) mass is 872 g/mol. The molecule has 0 spiro atoms. The molecule has 328 valence electrons. The van der Waals surface area contributed by atoms with Gasteiger partial charge in [0.15, 0.2) is 24.8 Å². The van der Waals surface area contributed by atoms with Crippen molar-refractivity contribution < 1.29 is 61.3 Å². The molecule has 3 aliphatic heterocycles. The Morgan fingerprint density at radius 2 is 1.00 bits per heavy atom. The van der Waals surface area contributed by atoms with Crippen LogP contribution in [0.1, 0.15) is 51.9 Å². The Labute approximate surface area is 360 Å². The average molecular weight is 873 g/mol. The zero-order valence-electron chi connectivity index (χ0n) is 35.4. The Hall–Kier alpha value is -3.09. The largest absolute Gasteiger partial charge is 0.454 e. The quantitative estimate of drug-likeness (QED) is 0.148. The first-order valence-electron chi connectivity index (χ1n) is 20.1. The van der Waals surface area contributed by atoms with Gasteiger partial charge in [-0.2, -0.15) is 0 Å². The van der Waals surface area contributed by atoms with Crippen molar-refractivity contribution in [1.82, 2.24) is 0 Å². The minimum atomic E-state index is -1.62. The third-order valence-electron chi connectivity index (χ3n) is 10.7. The van der Waals surface area contributed by atoms with Crippen LogP contribution in [-0.2, 0) is 52.2 Å². The van der Waals surface area contributed by atoms with Crippen molar-refractivity contribution in [3.8, 4) is 0 Å². The van der Waals surface area contributed by atoms with Gasteiger partial charge < -0.3 is 47.4 Å². The Bertz CT molecular complexity index is 1810. The number of hydrogen-bond donors (Lipinski definition) is 0. The van der Waals surface area contributed by atoms with E-state index in [1.165, 1.54) is 30.6 Å². The molecule has 3 saturated heterocycles. The van der Waals surface area contributed by atoms with Crippen LogP contribution in [-0.4, -0.2) is 124 Å². The highest BCUT2D eigenvalue weighted by atomic mass is 32.2. The van der Waals surface area contributed by atoms with Crippen molar-refractivity contribution in [3.05, 3.63) is 96.6 Å². The van der Waals surface area contributed by atoms with Gasteiger partial charge in [-0.1, -0.05) is 54.6 Å². The van der Waals surface area contributed by atoms with Crippen LogP contribution in [0.2, 0.25) is 0 Å². The molecule has 3 fully saturated rings. The van der Waals surface area contributed by atoms with Gasteiger partial charge in [0.1, 0.15) is 30.5 Å². The fourth-order valence-electron chi connectivity index (χ4n) is 7.53.